The number of sulfonamides is 1. The van der Waals surface area contributed by atoms with Crippen molar-refractivity contribution in [2.75, 3.05) is 25.4 Å². The van der Waals surface area contributed by atoms with Crippen molar-refractivity contribution in [3.05, 3.63) is 0 Å². The first kappa shape index (κ1) is 37.5. The van der Waals surface area contributed by atoms with E-state index in [2.05, 4.69) is 35.1 Å². The molecule has 13 nitrogen and oxygen atoms in total. The summed E-state index contributed by atoms with van der Waals surface area (Å²) >= 11 is 0. The van der Waals surface area contributed by atoms with Crippen LogP contribution in [0.5, 0.6) is 0 Å². The van der Waals surface area contributed by atoms with Gasteiger partial charge in [0, 0.05) is 25.7 Å². The summed E-state index contributed by atoms with van der Waals surface area (Å²) in [6, 6.07) is -3.48. The number of nitrogens with one attached hydrogen (secondary N) is 4. The van der Waals surface area contributed by atoms with Crippen molar-refractivity contribution in [1.29, 1.82) is 0 Å². The number of likely N-dealkylation sites (tertiary alicyclic amines) is 1. The van der Waals surface area contributed by atoms with E-state index in [-0.39, 0.29) is 29.0 Å². The minimum atomic E-state index is -3.59. The Morgan fingerprint density at radius 3 is 2.12 bits per heavy atom. The van der Waals surface area contributed by atoms with E-state index in [1.807, 2.05) is 27.7 Å². The normalized spacial score (nSPS) is 27.4. The molecule has 0 aromatic rings. The van der Waals surface area contributed by atoms with Crippen LogP contribution in [0.1, 0.15) is 112 Å². The molecule has 0 unspecified atom stereocenters. The Morgan fingerprint density at radius 2 is 1.55 bits per heavy atom. The van der Waals surface area contributed by atoms with Gasteiger partial charge >= 0.3 is 6.03 Å². The number of hydrogen-bond acceptors (Lipinski definition) is 7. The highest BCUT2D eigenvalue weighted by molar-refractivity contribution is 7.89. The average molecular weight is 707 g/mol. The van der Waals surface area contributed by atoms with E-state index in [0.29, 0.717) is 45.3 Å². The van der Waals surface area contributed by atoms with E-state index in [0.717, 1.165) is 44.9 Å². The number of rotatable bonds is 13. The molecule has 276 valence electrons. The van der Waals surface area contributed by atoms with Crippen molar-refractivity contribution in [3.8, 4) is 0 Å². The quantitative estimate of drug-likeness (QED) is 0.213. The summed E-state index contributed by atoms with van der Waals surface area (Å²) in [6.07, 6.45) is 7.81. The number of nitrogens with zero attached hydrogens (tertiary/aromatic N) is 2. The summed E-state index contributed by atoms with van der Waals surface area (Å²) in [6.45, 7) is 12.9. The summed E-state index contributed by atoms with van der Waals surface area (Å²) in [5.74, 6) is -2.49. The molecule has 0 aromatic heterocycles. The van der Waals surface area contributed by atoms with Crippen molar-refractivity contribution < 1.29 is 32.4 Å². The Bertz CT molecular complexity index is 1410. The summed E-state index contributed by atoms with van der Waals surface area (Å²) < 4.78 is 28.3. The van der Waals surface area contributed by atoms with Crippen molar-refractivity contribution in [2.45, 2.75) is 142 Å². The fourth-order valence-corrected chi connectivity index (χ4v) is 10.5. The number of fused-ring (bicyclic) bond motifs is 1. The number of amides is 5. The molecule has 5 fully saturated rings. The minimum Gasteiger partial charge on any atom is -0.347 e. The highest BCUT2D eigenvalue weighted by Gasteiger charge is 2.70. The molecule has 3 saturated carbocycles. The second-order valence-electron chi connectivity index (χ2n) is 17.0. The van der Waals surface area contributed by atoms with Crippen LogP contribution in [0.2, 0.25) is 0 Å². The van der Waals surface area contributed by atoms with Gasteiger partial charge in [-0.25, -0.2) is 17.5 Å². The molecule has 2 aliphatic heterocycles. The predicted octanol–water partition coefficient (Wildman–Crippen LogP) is 2.44. The lowest BCUT2D eigenvalue weighted by Gasteiger charge is -2.41. The first-order valence-electron chi connectivity index (χ1n) is 18.4. The zero-order valence-corrected chi connectivity index (χ0v) is 31.0. The molecule has 2 saturated heterocycles. The van der Waals surface area contributed by atoms with Crippen LogP contribution in [0.3, 0.4) is 0 Å². The minimum absolute atomic E-state index is 0.00639. The molecule has 5 rings (SSSR count). The predicted molar refractivity (Wildman–Crippen MR) is 185 cm³/mol. The van der Waals surface area contributed by atoms with E-state index in [1.165, 1.54) is 9.21 Å². The molecule has 5 amide bonds. The van der Waals surface area contributed by atoms with Gasteiger partial charge < -0.3 is 26.2 Å². The third-order valence-corrected chi connectivity index (χ3v) is 13.7. The van der Waals surface area contributed by atoms with Crippen LogP contribution in [-0.2, 0) is 29.2 Å². The molecule has 0 spiro atoms. The number of piperidine rings is 1. The number of carbonyl (C=O) groups is 5. The van der Waals surface area contributed by atoms with Gasteiger partial charge in [-0.15, -0.1) is 0 Å². The molecule has 14 heteroatoms. The van der Waals surface area contributed by atoms with E-state index in [1.54, 1.807) is 0 Å². The van der Waals surface area contributed by atoms with Crippen LogP contribution in [0.25, 0.3) is 0 Å². The Kier molecular flexibility index (Phi) is 10.8. The standard InChI is InChI=1S/C35H58N6O7S/c1-7-13-24(27(42)30(44)36-22-14-15-22)37-29(43)26-25-23(34(25,5)6)20-41(26)31(45)28(33(2,3)4)38-32(46)39-35(16-9-8-10-17-35)21-49(47,48)40-18-11-12-19-40/h22-26,28H,7-21H2,1-6H3,(H,36,44)(H,37,43)(H2,38,39,46)/t23-,24-,25-,26-,28+/m0/s1. The zero-order valence-electron chi connectivity index (χ0n) is 30.2. The SMILES string of the molecule is CCC[C@H](NC(=O)[C@@H]1[C@@H]2[C@H](CN1C(=O)[C@@H](NC(=O)NC1(CS(=O)(=O)N3CCCC3)CCCCC1)C(C)(C)C)C2(C)C)C(=O)C(=O)NC1CC1. The van der Waals surface area contributed by atoms with Crippen LogP contribution >= 0.6 is 0 Å². The summed E-state index contributed by atoms with van der Waals surface area (Å²) in [5, 5.41) is 11.5. The monoisotopic (exact) mass is 706 g/mol. The first-order chi connectivity index (χ1) is 22.9. The van der Waals surface area contributed by atoms with E-state index in [9.17, 15) is 32.4 Å². The number of carbonyl (C=O) groups excluding carboxylic acids is 5. The van der Waals surface area contributed by atoms with E-state index < -0.39 is 68.6 Å². The fourth-order valence-electron chi connectivity index (χ4n) is 8.43. The Morgan fingerprint density at radius 1 is 0.918 bits per heavy atom. The van der Waals surface area contributed by atoms with Gasteiger partial charge in [0.15, 0.2) is 0 Å². The molecule has 0 radical (unpaired) electrons. The van der Waals surface area contributed by atoms with Gasteiger partial charge in [0.05, 0.1) is 17.3 Å². The van der Waals surface area contributed by atoms with Crippen LogP contribution in [-0.4, -0.2) is 102 Å². The van der Waals surface area contributed by atoms with Crippen LogP contribution < -0.4 is 21.3 Å². The molecule has 5 aliphatic rings. The lowest BCUT2D eigenvalue weighted by Crippen LogP contribution is -2.64. The second-order valence-corrected chi connectivity index (χ2v) is 18.9. The first-order valence-corrected chi connectivity index (χ1v) is 20.0. The van der Waals surface area contributed by atoms with Crippen LogP contribution in [0.4, 0.5) is 4.79 Å². The molecular weight excluding hydrogens is 648 g/mol. The van der Waals surface area contributed by atoms with Crippen molar-refractivity contribution in [3.63, 3.8) is 0 Å². The number of ketones is 1. The fraction of sp³-hybridized carbons (Fsp3) is 0.857. The van der Waals surface area contributed by atoms with Gasteiger partial charge in [-0.2, -0.15) is 0 Å². The largest absolute Gasteiger partial charge is 0.347 e. The van der Waals surface area contributed by atoms with Crippen LogP contribution in [0.15, 0.2) is 0 Å². The molecular formula is C35H58N6O7S. The summed E-state index contributed by atoms with van der Waals surface area (Å²) in [7, 11) is -3.59. The highest BCUT2D eigenvalue weighted by atomic mass is 32.2. The van der Waals surface area contributed by atoms with Crippen molar-refractivity contribution in [1.82, 2.24) is 30.5 Å². The molecule has 3 aliphatic carbocycles. The third kappa shape index (κ3) is 8.26. The molecule has 0 aromatic carbocycles. The van der Waals surface area contributed by atoms with Gasteiger partial charge in [0.25, 0.3) is 5.91 Å². The van der Waals surface area contributed by atoms with Crippen LogP contribution in [0, 0.1) is 22.7 Å². The smallest absolute Gasteiger partial charge is 0.315 e. The zero-order chi connectivity index (χ0) is 35.9. The van der Waals surface area contributed by atoms with Gasteiger partial charge in [-0.3, -0.25) is 19.2 Å². The lowest BCUT2D eigenvalue weighted by molar-refractivity contribution is -0.145. The van der Waals surface area contributed by atoms with Gasteiger partial charge in [0.1, 0.15) is 12.1 Å². The van der Waals surface area contributed by atoms with Gasteiger partial charge in [0.2, 0.25) is 27.6 Å². The maximum absolute atomic E-state index is 14.4. The molecule has 0 bridgehead atoms. The average Bonchev–Trinajstić information content (AvgIpc) is 3.69. The van der Waals surface area contributed by atoms with Gasteiger partial charge in [-0.1, -0.05) is 67.2 Å². The summed E-state index contributed by atoms with van der Waals surface area (Å²) in [4.78, 5) is 69.5. The highest BCUT2D eigenvalue weighted by Crippen LogP contribution is 2.65. The molecule has 2 heterocycles. The van der Waals surface area contributed by atoms with Gasteiger partial charge in [-0.05, 0) is 67.6 Å². The third-order valence-electron chi connectivity index (χ3n) is 11.6. The maximum Gasteiger partial charge on any atom is 0.315 e. The second kappa shape index (κ2) is 14.1. The Balaban J connectivity index is 1.32. The van der Waals surface area contributed by atoms with Crippen molar-refractivity contribution in [2.24, 2.45) is 22.7 Å². The molecule has 4 N–H and O–H groups in total. The molecule has 5 atom stereocenters. The lowest BCUT2D eigenvalue weighted by atomic mass is 9.83. The van der Waals surface area contributed by atoms with E-state index >= 15 is 0 Å². The maximum atomic E-state index is 14.4. The van der Waals surface area contributed by atoms with E-state index in [4.69, 9.17) is 0 Å². The Hall–Kier alpha value is -2.74. The molecule has 49 heavy (non-hydrogen) atoms. The number of hydrogen-bond donors (Lipinski definition) is 4. The number of urea groups is 1. The number of Topliss-reactive ketones (excluding diaryl/α,β-unsaturated/α-hetero) is 1. The van der Waals surface area contributed by atoms with Crippen molar-refractivity contribution >= 4 is 39.6 Å². The Labute approximate surface area is 291 Å². The summed E-state index contributed by atoms with van der Waals surface area (Å²) in [5.41, 5.74) is -1.88. The topological polar surface area (TPSA) is 174 Å².